The number of aliphatic carboxylic acids is 1. The zero-order valence-corrected chi connectivity index (χ0v) is 18.9. The molecule has 0 bridgehead atoms. The van der Waals surface area contributed by atoms with E-state index in [1.165, 1.54) is 12.1 Å². The van der Waals surface area contributed by atoms with E-state index in [0.29, 0.717) is 12.0 Å². The molecule has 0 aromatic heterocycles. The van der Waals surface area contributed by atoms with Gasteiger partial charge in [0.1, 0.15) is 17.8 Å². The molecule has 1 rings (SSSR count). The summed E-state index contributed by atoms with van der Waals surface area (Å²) in [6.07, 6.45) is 0.662. The lowest BCUT2D eigenvalue weighted by atomic mass is 9.99. The van der Waals surface area contributed by atoms with Gasteiger partial charge >= 0.3 is 5.97 Å². The SMILES string of the molecule is CCC(C)C(NC(=O)CNC(=O)C(Cc1ccc(O)cc1)NC(=O)C(N)C(C)C)C(=O)O. The summed E-state index contributed by atoms with van der Waals surface area (Å²) in [5.74, 6) is -3.30. The number of nitrogens with one attached hydrogen (secondary N) is 3. The summed E-state index contributed by atoms with van der Waals surface area (Å²) in [7, 11) is 0. The van der Waals surface area contributed by atoms with Crippen LogP contribution in [0.4, 0.5) is 0 Å². The van der Waals surface area contributed by atoms with Crippen LogP contribution < -0.4 is 21.7 Å². The molecule has 4 atom stereocenters. The highest BCUT2D eigenvalue weighted by molar-refractivity contribution is 5.92. The van der Waals surface area contributed by atoms with Gasteiger partial charge in [-0.15, -0.1) is 0 Å². The molecular formula is C22H34N4O6. The van der Waals surface area contributed by atoms with Gasteiger partial charge in [-0.05, 0) is 29.5 Å². The molecule has 0 spiro atoms. The maximum Gasteiger partial charge on any atom is 0.326 e. The van der Waals surface area contributed by atoms with Gasteiger partial charge in [-0.1, -0.05) is 46.2 Å². The van der Waals surface area contributed by atoms with Gasteiger partial charge in [-0.3, -0.25) is 14.4 Å². The smallest absolute Gasteiger partial charge is 0.326 e. The molecule has 0 aliphatic rings. The Morgan fingerprint density at radius 1 is 1.00 bits per heavy atom. The quantitative estimate of drug-likeness (QED) is 0.263. The molecule has 7 N–H and O–H groups in total. The van der Waals surface area contributed by atoms with E-state index in [1.807, 2.05) is 6.92 Å². The van der Waals surface area contributed by atoms with E-state index < -0.39 is 48.4 Å². The van der Waals surface area contributed by atoms with Gasteiger partial charge in [0.15, 0.2) is 0 Å². The van der Waals surface area contributed by atoms with Gasteiger partial charge < -0.3 is 31.9 Å². The van der Waals surface area contributed by atoms with Crippen LogP contribution in [0.1, 0.15) is 39.7 Å². The van der Waals surface area contributed by atoms with Gasteiger partial charge in [0.25, 0.3) is 0 Å². The first-order valence-electron chi connectivity index (χ1n) is 10.6. The number of rotatable bonds is 12. The molecule has 0 saturated heterocycles. The lowest BCUT2D eigenvalue weighted by molar-refractivity contribution is -0.143. The molecule has 0 aliphatic heterocycles. The third kappa shape index (κ3) is 8.54. The van der Waals surface area contributed by atoms with E-state index in [0.717, 1.165) is 0 Å². The Kier molecular flexibility index (Phi) is 10.6. The third-order valence-corrected chi connectivity index (χ3v) is 5.25. The molecule has 0 fully saturated rings. The second-order valence-corrected chi connectivity index (χ2v) is 8.19. The molecule has 0 radical (unpaired) electrons. The number of hydrogen-bond donors (Lipinski definition) is 6. The number of carbonyl (C=O) groups is 4. The average molecular weight is 451 g/mol. The lowest BCUT2D eigenvalue weighted by Gasteiger charge is -2.23. The Balaban J connectivity index is 2.85. The van der Waals surface area contributed by atoms with Crippen molar-refractivity contribution in [1.82, 2.24) is 16.0 Å². The number of benzene rings is 1. The molecule has 1 aromatic rings. The fourth-order valence-electron chi connectivity index (χ4n) is 2.85. The first kappa shape index (κ1) is 26.9. The fraction of sp³-hybridized carbons (Fsp3) is 0.545. The number of phenols is 1. The summed E-state index contributed by atoms with van der Waals surface area (Å²) >= 11 is 0. The molecule has 10 nitrogen and oxygen atoms in total. The predicted molar refractivity (Wildman–Crippen MR) is 119 cm³/mol. The number of aromatic hydroxyl groups is 1. The van der Waals surface area contributed by atoms with Crippen LogP contribution in [-0.2, 0) is 25.6 Å². The van der Waals surface area contributed by atoms with Gasteiger partial charge in [0.05, 0.1) is 12.6 Å². The molecule has 178 valence electrons. The summed E-state index contributed by atoms with van der Waals surface area (Å²) < 4.78 is 0. The average Bonchev–Trinajstić information content (AvgIpc) is 2.75. The topological polar surface area (TPSA) is 171 Å². The minimum atomic E-state index is -1.15. The molecule has 32 heavy (non-hydrogen) atoms. The van der Waals surface area contributed by atoms with Gasteiger partial charge in [0.2, 0.25) is 17.7 Å². The second-order valence-electron chi connectivity index (χ2n) is 8.19. The van der Waals surface area contributed by atoms with E-state index in [4.69, 9.17) is 5.73 Å². The standard InChI is InChI=1S/C22H34N4O6/c1-5-13(4)19(22(31)32)26-17(28)11-24-20(29)16(25-21(30)18(23)12(2)3)10-14-6-8-15(27)9-7-14/h6-9,12-13,16,18-19,27H,5,10-11,23H2,1-4H3,(H,24,29)(H,25,30)(H,26,28)(H,31,32). The van der Waals surface area contributed by atoms with Crippen molar-refractivity contribution >= 4 is 23.7 Å². The van der Waals surface area contributed by atoms with Crippen molar-refractivity contribution in [2.75, 3.05) is 6.54 Å². The van der Waals surface area contributed by atoms with Crippen molar-refractivity contribution in [3.8, 4) is 5.75 Å². The number of phenolic OH excluding ortho intramolecular Hbond substituents is 1. The van der Waals surface area contributed by atoms with Crippen molar-refractivity contribution in [3.63, 3.8) is 0 Å². The monoisotopic (exact) mass is 450 g/mol. The molecule has 10 heteroatoms. The summed E-state index contributed by atoms with van der Waals surface area (Å²) in [6, 6.07) is 3.23. The molecular weight excluding hydrogens is 416 g/mol. The van der Waals surface area contributed by atoms with E-state index in [9.17, 15) is 29.4 Å². The summed E-state index contributed by atoms with van der Waals surface area (Å²) in [5.41, 5.74) is 6.55. The number of hydrogen-bond acceptors (Lipinski definition) is 6. The van der Waals surface area contributed by atoms with E-state index >= 15 is 0 Å². The largest absolute Gasteiger partial charge is 0.508 e. The van der Waals surface area contributed by atoms with Crippen molar-refractivity contribution in [2.45, 2.75) is 58.7 Å². The molecule has 4 unspecified atom stereocenters. The summed E-state index contributed by atoms with van der Waals surface area (Å²) in [4.78, 5) is 48.7. The normalized spacial score (nSPS) is 14.7. The van der Waals surface area contributed by atoms with Gasteiger partial charge in [-0.25, -0.2) is 4.79 Å². The fourth-order valence-corrected chi connectivity index (χ4v) is 2.85. The molecule has 1 aromatic carbocycles. The molecule has 3 amide bonds. The van der Waals surface area contributed by atoms with E-state index in [1.54, 1.807) is 32.9 Å². The molecule has 0 saturated carbocycles. The van der Waals surface area contributed by atoms with Crippen LogP contribution in [0, 0.1) is 11.8 Å². The third-order valence-electron chi connectivity index (χ3n) is 5.25. The van der Waals surface area contributed by atoms with Crippen molar-refractivity contribution < 1.29 is 29.4 Å². The Hall–Kier alpha value is -3.14. The Bertz CT molecular complexity index is 796. The van der Waals surface area contributed by atoms with Crippen LogP contribution >= 0.6 is 0 Å². The van der Waals surface area contributed by atoms with Crippen LogP contribution in [0.15, 0.2) is 24.3 Å². The second kappa shape index (κ2) is 12.7. The van der Waals surface area contributed by atoms with Crippen molar-refractivity contribution in [2.24, 2.45) is 17.6 Å². The molecule has 0 heterocycles. The number of carboxylic acids is 1. The minimum absolute atomic E-state index is 0.0616. The van der Waals surface area contributed by atoms with Gasteiger partial charge in [-0.2, -0.15) is 0 Å². The van der Waals surface area contributed by atoms with Crippen molar-refractivity contribution in [3.05, 3.63) is 29.8 Å². The van der Waals surface area contributed by atoms with E-state index in [-0.39, 0.29) is 24.0 Å². The Morgan fingerprint density at radius 2 is 1.59 bits per heavy atom. The minimum Gasteiger partial charge on any atom is -0.508 e. The van der Waals surface area contributed by atoms with E-state index in [2.05, 4.69) is 16.0 Å². The Morgan fingerprint density at radius 3 is 2.09 bits per heavy atom. The maximum atomic E-state index is 12.7. The van der Waals surface area contributed by atoms with Crippen LogP contribution in [0.2, 0.25) is 0 Å². The van der Waals surface area contributed by atoms with Gasteiger partial charge in [0, 0.05) is 6.42 Å². The maximum absolute atomic E-state index is 12.7. The van der Waals surface area contributed by atoms with Crippen LogP contribution in [0.25, 0.3) is 0 Å². The highest BCUT2D eigenvalue weighted by Gasteiger charge is 2.28. The Labute approximate surface area is 187 Å². The first-order chi connectivity index (χ1) is 15.0. The first-order valence-corrected chi connectivity index (χ1v) is 10.6. The lowest BCUT2D eigenvalue weighted by Crippen LogP contribution is -2.55. The summed E-state index contributed by atoms with van der Waals surface area (Å²) in [6.45, 7) is 6.63. The van der Waals surface area contributed by atoms with Crippen LogP contribution in [-0.4, -0.2) is 58.6 Å². The number of nitrogens with two attached hydrogens (primary N) is 1. The molecule has 0 aliphatic carbocycles. The highest BCUT2D eigenvalue weighted by Crippen LogP contribution is 2.12. The zero-order chi connectivity index (χ0) is 24.4. The highest BCUT2D eigenvalue weighted by atomic mass is 16.4. The number of amides is 3. The summed E-state index contributed by atoms with van der Waals surface area (Å²) in [5, 5.41) is 26.2. The van der Waals surface area contributed by atoms with Crippen molar-refractivity contribution in [1.29, 1.82) is 0 Å². The van der Waals surface area contributed by atoms with Crippen LogP contribution in [0.3, 0.4) is 0 Å². The van der Waals surface area contributed by atoms with Crippen LogP contribution in [0.5, 0.6) is 5.75 Å². The number of carbonyl (C=O) groups excluding carboxylic acids is 3. The zero-order valence-electron chi connectivity index (χ0n) is 18.9. The number of carboxylic acid groups (broad SMARTS) is 1. The predicted octanol–water partition coefficient (Wildman–Crippen LogP) is 0.135.